The van der Waals surface area contributed by atoms with Crippen LogP contribution in [0.3, 0.4) is 0 Å². The predicted octanol–water partition coefficient (Wildman–Crippen LogP) is 1.79. The minimum Gasteiger partial charge on any atom is -0.383 e. The van der Waals surface area contributed by atoms with E-state index in [1.54, 1.807) is 19.2 Å². The lowest BCUT2D eigenvalue weighted by Crippen LogP contribution is -2.13. The number of halogens is 1. The van der Waals surface area contributed by atoms with Crippen LogP contribution in [0.2, 0.25) is 0 Å². The molecule has 0 aliphatic carbocycles. The average Bonchev–Trinajstić information content (AvgIpc) is 2.47. The molecule has 0 saturated carbocycles. The summed E-state index contributed by atoms with van der Waals surface area (Å²) in [4.78, 5) is 0. The molecule has 0 atom stereocenters. The number of methoxy groups -OCH3 is 1. The zero-order valence-corrected chi connectivity index (χ0v) is 11.5. The van der Waals surface area contributed by atoms with Gasteiger partial charge in [-0.05, 0) is 18.2 Å². The van der Waals surface area contributed by atoms with Gasteiger partial charge in [0, 0.05) is 19.3 Å². The Morgan fingerprint density at radius 3 is 2.55 bits per heavy atom. The van der Waals surface area contributed by atoms with Crippen molar-refractivity contribution >= 4 is 5.69 Å². The first kappa shape index (κ1) is 16.4. The van der Waals surface area contributed by atoms with E-state index in [0.717, 1.165) is 0 Å². The minimum absolute atomic E-state index is 0.0301. The normalized spacial score (nSPS) is 10.2. The van der Waals surface area contributed by atoms with Gasteiger partial charge in [0.05, 0.1) is 38.6 Å². The summed E-state index contributed by atoms with van der Waals surface area (Å²) in [7, 11) is 1.62. The Balaban J connectivity index is 2.08. The number of hydrogen-bond acceptors (Lipinski definition) is 5. The number of rotatable bonds is 10. The Bertz CT molecular complexity index is 435. The molecule has 6 heteroatoms. The molecule has 0 bridgehead atoms. The number of benzene rings is 1. The van der Waals surface area contributed by atoms with Crippen LogP contribution in [0.5, 0.6) is 0 Å². The topological polar surface area (TPSA) is 63.5 Å². The van der Waals surface area contributed by atoms with Gasteiger partial charge in [0.1, 0.15) is 11.9 Å². The molecule has 1 aromatic carbocycles. The molecule has 110 valence electrons. The molecule has 5 nitrogen and oxygen atoms in total. The summed E-state index contributed by atoms with van der Waals surface area (Å²) in [6.45, 7) is 3.26. The van der Waals surface area contributed by atoms with Crippen molar-refractivity contribution in [1.82, 2.24) is 0 Å². The predicted molar refractivity (Wildman–Crippen MR) is 73.1 cm³/mol. The molecule has 0 spiro atoms. The number of nitrogens with zero attached hydrogens (tertiary/aromatic N) is 1. The van der Waals surface area contributed by atoms with Gasteiger partial charge in [-0.25, -0.2) is 4.39 Å². The van der Waals surface area contributed by atoms with Crippen LogP contribution in [-0.4, -0.2) is 46.7 Å². The third-order valence-corrected chi connectivity index (χ3v) is 2.47. The van der Waals surface area contributed by atoms with Crippen molar-refractivity contribution in [3.8, 4) is 6.07 Å². The molecule has 0 saturated heterocycles. The van der Waals surface area contributed by atoms with Crippen molar-refractivity contribution in [1.29, 1.82) is 5.26 Å². The maximum absolute atomic E-state index is 13.1. The summed E-state index contributed by atoms with van der Waals surface area (Å²) in [5.41, 5.74) is 0.727. The van der Waals surface area contributed by atoms with E-state index in [1.807, 2.05) is 0 Å². The van der Waals surface area contributed by atoms with E-state index in [-0.39, 0.29) is 5.56 Å². The first-order valence-corrected chi connectivity index (χ1v) is 6.36. The molecule has 20 heavy (non-hydrogen) atoms. The quantitative estimate of drug-likeness (QED) is 0.663. The lowest BCUT2D eigenvalue weighted by atomic mass is 10.2. The molecule has 0 heterocycles. The summed E-state index contributed by atoms with van der Waals surface area (Å²) in [6, 6.07) is 6.13. The third-order valence-electron chi connectivity index (χ3n) is 2.47. The van der Waals surface area contributed by atoms with Crippen LogP contribution in [0, 0.1) is 17.1 Å². The van der Waals surface area contributed by atoms with E-state index in [2.05, 4.69) is 5.32 Å². The van der Waals surface area contributed by atoms with Gasteiger partial charge in [-0.2, -0.15) is 5.26 Å². The number of ether oxygens (including phenoxy) is 3. The highest BCUT2D eigenvalue weighted by Crippen LogP contribution is 2.13. The van der Waals surface area contributed by atoms with Crippen LogP contribution < -0.4 is 5.32 Å². The molecule has 0 unspecified atom stereocenters. The summed E-state index contributed by atoms with van der Waals surface area (Å²) in [5, 5.41) is 11.8. The Labute approximate surface area is 118 Å². The highest BCUT2D eigenvalue weighted by atomic mass is 19.1. The first-order valence-electron chi connectivity index (χ1n) is 6.36. The molecule has 1 N–H and O–H groups in total. The van der Waals surface area contributed by atoms with Crippen molar-refractivity contribution in [2.45, 2.75) is 0 Å². The summed E-state index contributed by atoms with van der Waals surface area (Å²) >= 11 is 0. The van der Waals surface area contributed by atoms with Crippen molar-refractivity contribution in [2.24, 2.45) is 0 Å². The summed E-state index contributed by atoms with van der Waals surface area (Å²) in [6.07, 6.45) is 0. The second kappa shape index (κ2) is 10.1. The van der Waals surface area contributed by atoms with E-state index in [9.17, 15) is 4.39 Å². The van der Waals surface area contributed by atoms with Crippen molar-refractivity contribution in [3.63, 3.8) is 0 Å². The molecule has 0 aromatic heterocycles. The zero-order chi connectivity index (χ0) is 14.6. The van der Waals surface area contributed by atoms with Gasteiger partial charge in [0.15, 0.2) is 0 Å². The van der Waals surface area contributed by atoms with Gasteiger partial charge in [-0.3, -0.25) is 0 Å². The lowest BCUT2D eigenvalue weighted by Gasteiger charge is -2.08. The SMILES string of the molecule is COCCOCCOCCNc1ccc(F)c(C#N)c1. The van der Waals surface area contributed by atoms with Crippen molar-refractivity contribution < 1.29 is 18.6 Å². The van der Waals surface area contributed by atoms with E-state index in [1.165, 1.54) is 12.1 Å². The van der Waals surface area contributed by atoms with Gasteiger partial charge >= 0.3 is 0 Å². The average molecular weight is 282 g/mol. The van der Waals surface area contributed by atoms with E-state index < -0.39 is 5.82 Å². The Morgan fingerprint density at radius 2 is 1.85 bits per heavy atom. The van der Waals surface area contributed by atoms with E-state index in [0.29, 0.717) is 45.3 Å². The fourth-order valence-electron chi connectivity index (χ4n) is 1.45. The van der Waals surface area contributed by atoms with Crippen LogP contribution in [0.15, 0.2) is 18.2 Å². The Morgan fingerprint density at radius 1 is 1.15 bits per heavy atom. The fraction of sp³-hybridized carbons (Fsp3) is 0.500. The van der Waals surface area contributed by atoms with E-state index >= 15 is 0 Å². The third kappa shape index (κ3) is 6.48. The van der Waals surface area contributed by atoms with Gasteiger partial charge in [-0.1, -0.05) is 0 Å². The summed E-state index contributed by atoms with van der Waals surface area (Å²) in [5.74, 6) is -0.512. The van der Waals surface area contributed by atoms with E-state index in [4.69, 9.17) is 19.5 Å². The highest BCUT2D eigenvalue weighted by Gasteiger charge is 2.01. The number of anilines is 1. The molecule has 0 fully saturated rings. The molecule has 0 amide bonds. The monoisotopic (exact) mass is 282 g/mol. The summed E-state index contributed by atoms with van der Waals surface area (Å²) < 4.78 is 28.5. The van der Waals surface area contributed by atoms with Gasteiger partial charge in [0.2, 0.25) is 0 Å². The maximum atomic E-state index is 13.1. The molecule has 1 aromatic rings. The second-order valence-corrected chi connectivity index (χ2v) is 3.95. The number of hydrogen-bond donors (Lipinski definition) is 1. The van der Waals surface area contributed by atoms with Gasteiger partial charge in [-0.15, -0.1) is 0 Å². The number of nitriles is 1. The van der Waals surface area contributed by atoms with Crippen LogP contribution >= 0.6 is 0 Å². The molecule has 0 aliphatic rings. The Hall–Kier alpha value is -1.68. The molecular formula is C14H19FN2O3. The van der Waals surface area contributed by atoms with Crippen molar-refractivity contribution in [3.05, 3.63) is 29.6 Å². The first-order chi connectivity index (χ1) is 9.77. The highest BCUT2D eigenvalue weighted by molar-refractivity contribution is 5.49. The number of nitrogens with one attached hydrogen (secondary N) is 1. The molecule has 1 rings (SSSR count). The Kier molecular flexibility index (Phi) is 8.31. The van der Waals surface area contributed by atoms with Crippen LogP contribution in [0.25, 0.3) is 0 Å². The standard InChI is InChI=1S/C14H19FN2O3/c1-18-6-7-20-9-8-19-5-4-17-13-2-3-14(15)12(10-13)11-16/h2-3,10,17H,4-9H2,1H3. The molecular weight excluding hydrogens is 263 g/mol. The largest absolute Gasteiger partial charge is 0.383 e. The second-order valence-electron chi connectivity index (χ2n) is 3.95. The molecule has 0 radical (unpaired) electrons. The lowest BCUT2D eigenvalue weighted by molar-refractivity contribution is 0.0272. The van der Waals surface area contributed by atoms with Gasteiger partial charge < -0.3 is 19.5 Å². The van der Waals surface area contributed by atoms with Crippen LogP contribution in [-0.2, 0) is 14.2 Å². The van der Waals surface area contributed by atoms with Crippen LogP contribution in [0.4, 0.5) is 10.1 Å². The molecule has 0 aliphatic heterocycles. The minimum atomic E-state index is -0.512. The smallest absolute Gasteiger partial charge is 0.141 e. The fourth-order valence-corrected chi connectivity index (χ4v) is 1.45. The van der Waals surface area contributed by atoms with Crippen molar-refractivity contribution in [2.75, 3.05) is 52.0 Å². The zero-order valence-electron chi connectivity index (χ0n) is 11.5. The maximum Gasteiger partial charge on any atom is 0.141 e. The van der Waals surface area contributed by atoms with Gasteiger partial charge in [0.25, 0.3) is 0 Å². The van der Waals surface area contributed by atoms with Crippen LogP contribution in [0.1, 0.15) is 5.56 Å².